The smallest absolute Gasteiger partial charge is 0.251 e. The minimum absolute atomic E-state index is 0.0193. The number of rotatable bonds is 5. The summed E-state index contributed by atoms with van der Waals surface area (Å²) >= 11 is 0. The fraction of sp³-hybridized carbons (Fsp3) is 0.708. The summed E-state index contributed by atoms with van der Waals surface area (Å²) in [5.74, 6) is 0.790. The summed E-state index contributed by atoms with van der Waals surface area (Å²) in [6.07, 6.45) is 9.62. The van der Waals surface area contributed by atoms with E-state index < -0.39 is 0 Å². The van der Waals surface area contributed by atoms with E-state index in [9.17, 15) is 4.79 Å². The maximum atomic E-state index is 12.7. The van der Waals surface area contributed by atoms with E-state index in [0.717, 1.165) is 50.6 Å². The predicted molar refractivity (Wildman–Crippen MR) is 114 cm³/mol. The molecule has 3 fully saturated rings. The van der Waals surface area contributed by atoms with Gasteiger partial charge in [-0.2, -0.15) is 0 Å². The third-order valence-corrected chi connectivity index (χ3v) is 6.75. The first-order valence-electron chi connectivity index (χ1n) is 11.4. The maximum Gasteiger partial charge on any atom is 0.251 e. The van der Waals surface area contributed by atoms with Gasteiger partial charge in [0, 0.05) is 37.3 Å². The van der Waals surface area contributed by atoms with Crippen molar-refractivity contribution in [1.29, 1.82) is 0 Å². The van der Waals surface area contributed by atoms with E-state index in [1.807, 2.05) is 24.3 Å². The van der Waals surface area contributed by atoms with Crippen LogP contribution in [0.3, 0.4) is 0 Å². The zero-order chi connectivity index (χ0) is 20.3. The molecule has 1 N–H and O–H groups in total. The molecule has 5 nitrogen and oxygen atoms in total. The Kier molecular flexibility index (Phi) is 6.45. The molecule has 1 aromatic carbocycles. The molecular formula is C24H36N2O3. The molecule has 29 heavy (non-hydrogen) atoms. The minimum Gasteiger partial charge on any atom is -0.490 e. The van der Waals surface area contributed by atoms with E-state index >= 15 is 0 Å². The monoisotopic (exact) mass is 400 g/mol. The second-order valence-electron chi connectivity index (χ2n) is 9.59. The zero-order valence-electron chi connectivity index (χ0n) is 18.0. The molecule has 0 aromatic heterocycles. The molecule has 4 rings (SSSR count). The van der Waals surface area contributed by atoms with Crippen molar-refractivity contribution in [1.82, 2.24) is 10.2 Å². The van der Waals surface area contributed by atoms with Crippen LogP contribution in [-0.4, -0.2) is 54.3 Å². The number of carbonyl (C=O) groups is 1. The number of nitrogens with one attached hydrogen (secondary N) is 1. The molecule has 0 spiro atoms. The van der Waals surface area contributed by atoms with Gasteiger partial charge in [0.05, 0.1) is 5.60 Å². The van der Waals surface area contributed by atoms with E-state index in [2.05, 4.69) is 24.1 Å². The fourth-order valence-electron chi connectivity index (χ4n) is 5.16. The first kappa shape index (κ1) is 20.7. The summed E-state index contributed by atoms with van der Waals surface area (Å²) in [6, 6.07) is 8.62. The molecule has 0 radical (unpaired) electrons. The largest absolute Gasteiger partial charge is 0.490 e. The van der Waals surface area contributed by atoms with Crippen LogP contribution in [0.25, 0.3) is 0 Å². The molecule has 1 saturated carbocycles. The van der Waals surface area contributed by atoms with Gasteiger partial charge in [0.1, 0.15) is 11.9 Å². The Morgan fingerprint density at radius 1 is 1.14 bits per heavy atom. The number of likely N-dealkylation sites (tertiary alicyclic amines) is 1. The Balaban J connectivity index is 1.29. The average Bonchev–Trinajstić information content (AvgIpc) is 3.23. The maximum absolute atomic E-state index is 12.7. The van der Waals surface area contributed by atoms with Crippen LogP contribution in [0.15, 0.2) is 24.3 Å². The lowest BCUT2D eigenvalue weighted by molar-refractivity contribution is -0.0615. The number of hydrogen-bond acceptors (Lipinski definition) is 4. The molecule has 3 aliphatic rings. The van der Waals surface area contributed by atoms with Crippen LogP contribution in [0.5, 0.6) is 5.75 Å². The SMILES string of the molecule is CC1(C)C[C@@H](NC(=O)c2cccc(OC3CCN(C4CCCC4)CC3)c2)CCO1. The van der Waals surface area contributed by atoms with Gasteiger partial charge in [-0.3, -0.25) is 4.79 Å². The fourth-order valence-corrected chi connectivity index (χ4v) is 5.16. The Morgan fingerprint density at radius 3 is 2.62 bits per heavy atom. The van der Waals surface area contributed by atoms with E-state index in [-0.39, 0.29) is 23.7 Å². The minimum atomic E-state index is -0.172. The van der Waals surface area contributed by atoms with Gasteiger partial charge in [0.2, 0.25) is 0 Å². The number of piperidine rings is 1. The van der Waals surface area contributed by atoms with Crippen LogP contribution in [0.2, 0.25) is 0 Å². The Morgan fingerprint density at radius 2 is 1.90 bits per heavy atom. The molecule has 1 atom stereocenters. The molecule has 1 aromatic rings. The topological polar surface area (TPSA) is 50.8 Å². The molecule has 0 unspecified atom stereocenters. The summed E-state index contributed by atoms with van der Waals surface area (Å²) in [5.41, 5.74) is 0.504. The first-order valence-corrected chi connectivity index (χ1v) is 11.4. The molecule has 1 aliphatic carbocycles. The predicted octanol–water partition coefficient (Wildman–Crippen LogP) is 4.16. The molecule has 0 bridgehead atoms. The summed E-state index contributed by atoms with van der Waals surface area (Å²) in [5, 5.41) is 3.18. The van der Waals surface area contributed by atoms with Crippen LogP contribution in [-0.2, 0) is 4.74 Å². The van der Waals surface area contributed by atoms with Gasteiger partial charge in [-0.15, -0.1) is 0 Å². The van der Waals surface area contributed by atoms with Crippen molar-refractivity contribution in [3.63, 3.8) is 0 Å². The van der Waals surface area contributed by atoms with Gasteiger partial charge in [-0.25, -0.2) is 0 Å². The van der Waals surface area contributed by atoms with Gasteiger partial charge in [0.25, 0.3) is 5.91 Å². The van der Waals surface area contributed by atoms with Crippen molar-refractivity contribution >= 4 is 5.91 Å². The second kappa shape index (κ2) is 9.05. The Hall–Kier alpha value is -1.59. The first-order chi connectivity index (χ1) is 14.0. The highest BCUT2D eigenvalue weighted by atomic mass is 16.5. The van der Waals surface area contributed by atoms with Gasteiger partial charge >= 0.3 is 0 Å². The van der Waals surface area contributed by atoms with Crippen LogP contribution in [0.4, 0.5) is 0 Å². The standard InChI is InChI=1S/C24H36N2O3/c1-24(2)17-19(12-15-28-24)25-23(27)18-6-5-9-22(16-18)29-21-10-13-26(14-11-21)20-7-3-4-8-20/h5-6,9,16,19-21H,3-4,7-8,10-15,17H2,1-2H3,(H,25,27)/t19-/m0/s1. The van der Waals surface area contributed by atoms with E-state index in [1.54, 1.807) is 0 Å². The Bertz CT molecular complexity index is 691. The van der Waals surface area contributed by atoms with E-state index in [4.69, 9.17) is 9.47 Å². The van der Waals surface area contributed by atoms with Crippen LogP contribution >= 0.6 is 0 Å². The van der Waals surface area contributed by atoms with Crippen molar-refractivity contribution in [2.45, 2.75) is 89.0 Å². The Labute approximate surface area is 175 Å². The van der Waals surface area contributed by atoms with Gasteiger partial charge in [-0.1, -0.05) is 18.9 Å². The molecule has 2 saturated heterocycles. The summed E-state index contributed by atoms with van der Waals surface area (Å²) in [7, 11) is 0. The highest BCUT2D eigenvalue weighted by Crippen LogP contribution is 2.28. The molecule has 1 amide bonds. The van der Waals surface area contributed by atoms with Gasteiger partial charge < -0.3 is 19.7 Å². The van der Waals surface area contributed by atoms with Crippen LogP contribution in [0, 0.1) is 0 Å². The highest BCUT2D eigenvalue weighted by molar-refractivity contribution is 5.94. The number of amides is 1. The highest BCUT2D eigenvalue weighted by Gasteiger charge is 2.30. The lowest BCUT2D eigenvalue weighted by Gasteiger charge is -2.36. The van der Waals surface area contributed by atoms with Crippen LogP contribution < -0.4 is 10.1 Å². The quantitative estimate of drug-likeness (QED) is 0.806. The third kappa shape index (κ3) is 5.52. The van der Waals surface area contributed by atoms with Crippen molar-refractivity contribution in [2.24, 2.45) is 0 Å². The van der Waals surface area contributed by atoms with Crippen LogP contribution in [0.1, 0.15) is 75.6 Å². The van der Waals surface area contributed by atoms with Gasteiger partial charge in [-0.05, 0) is 70.6 Å². The van der Waals surface area contributed by atoms with Crippen molar-refractivity contribution in [3.8, 4) is 5.75 Å². The third-order valence-electron chi connectivity index (χ3n) is 6.75. The number of ether oxygens (including phenoxy) is 2. The zero-order valence-corrected chi connectivity index (χ0v) is 18.0. The lowest BCUT2D eigenvalue weighted by atomic mass is 9.94. The molecular weight excluding hydrogens is 364 g/mol. The van der Waals surface area contributed by atoms with Crippen molar-refractivity contribution < 1.29 is 14.3 Å². The molecule has 160 valence electrons. The summed E-state index contributed by atoms with van der Waals surface area (Å²) in [6.45, 7) is 7.13. The number of carbonyl (C=O) groups excluding carboxylic acids is 1. The summed E-state index contributed by atoms with van der Waals surface area (Å²) in [4.78, 5) is 15.4. The molecule has 2 heterocycles. The number of hydrogen-bond donors (Lipinski definition) is 1. The van der Waals surface area contributed by atoms with Crippen molar-refractivity contribution in [3.05, 3.63) is 29.8 Å². The number of nitrogens with zero attached hydrogens (tertiary/aromatic N) is 1. The molecule has 5 heteroatoms. The van der Waals surface area contributed by atoms with E-state index in [1.165, 1.54) is 25.7 Å². The molecule has 2 aliphatic heterocycles. The normalized spacial score (nSPS) is 26.3. The van der Waals surface area contributed by atoms with E-state index in [0.29, 0.717) is 12.2 Å². The second-order valence-corrected chi connectivity index (χ2v) is 9.59. The summed E-state index contributed by atoms with van der Waals surface area (Å²) < 4.78 is 12.0. The average molecular weight is 401 g/mol. The lowest BCUT2D eigenvalue weighted by Crippen LogP contribution is -2.45. The van der Waals surface area contributed by atoms with Crippen molar-refractivity contribution in [2.75, 3.05) is 19.7 Å². The van der Waals surface area contributed by atoms with Gasteiger partial charge in [0.15, 0.2) is 0 Å². The number of benzene rings is 1.